The summed E-state index contributed by atoms with van der Waals surface area (Å²) in [5.74, 6) is 6.10. The Morgan fingerprint density at radius 3 is 2.29 bits per heavy atom. The summed E-state index contributed by atoms with van der Waals surface area (Å²) in [5, 5.41) is 0. The SMILES string of the molecule is C#C[C@]12CCC(C(=C)C)C1C1CCC3C4(C)CC[C@H](OC(=O)CC(C)(C)C(=O)OC)[C@H](C)C4CC[C@@]3(C)[C@]1(C)CC2. The van der Waals surface area contributed by atoms with Crippen LogP contribution in [0.4, 0.5) is 0 Å². The molecular formula is C37H56O4. The third-order valence-electron chi connectivity index (χ3n) is 14.5. The number of terminal acetylenes is 1. The summed E-state index contributed by atoms with van der Waals surface area (Å²) in [6.45, 7) is 20.4. The van der Waals surface area contributed by atoms with Crippen molar-refractivity contribution in [3.63, 3.8) is 0 Å². The zero-order chi connectivity index (χ0) is 30.2. The molecule has 0 aromatic heterocycles. The van der Waals surface area contributed by atoms with Crippen LogP contribution >= 0.6 is 0 Å². The molecule has 0 radical (unpaired) electrons. The molecule has 5 aliphatic rings. The summed E-state index contributed by atoms with van der Waals surface area (Å²) in [4.78, 5) is 25.1. The molecule has 228 valence electrons. The molecule has 0 heterocycles. The van der Waals surface area contributed by atoms with E-state index in [4.69, 9.17) is 15.9 Å². The highest BCUT2D eigenvalue weighted by molar-refractivity contribution is 5.82. The van der Waals surface area contributed by atoms with Gasteiger partial charge in [0.25, 0.3) is 0 Å². The van der Waals surface area contributed by atoms with Gasteiger partial charge in [-0.15, -0.1) is 6.42 Å². The van der Waals surface area contributed by atoms with Gasteiger partial charge in [-0.1, -0.05) is 45.8 Å². The second-order valence-electron chi connectivity index (χ2n) is 16.5. The van der Waals surface area contributed by atoms with Gasteiger partial charge in [-0.05, 0) is 137 Å². The number of carbonyl (C=O) groups excluding carboxylic acids is 2. The maximum atomic E-state index is 13.0. The van der Waals surface area contributed by atoms with E-state index in [-0.39, 0.29) is 40.7 Å². The van der Waals surface area contributed by atoms with Gasteiger partial charge in [0, 0.05) is 5.41 Å². The van der Waals surface area contributed by atoms with Crippen LogP contribution in [0.5, 0.6) is 0 Å². The molecule has 5 fully saturated rings. The highest BCUT2D eigenvalue weighted by Crippen LogP contribution is 2.76. The van der Waals surface area contributed by atoms with E-state index in [1.807, 2.05) is 0 Å². The predicted molar refractivity (Wildman–Crippen MR) is 163 cm³/mol. The second-order valence-corrected chi connectivity index (χ2v) is 16.5. The van der Waals surface area contributed by atoms with E-state index in [0.29, 0.717) is 40.9 Å². The molecule has 5 rings (SSSR count). The lowest BCUT2D eigenvalue weighted by molar-refractivity contribution is -0.233. The molecule has 0 saturated heterocycles. The fourth-order valence-corrected chi connectivity index (χ4v) is 12.1. The molecule has 5 aliphatic carbocycles. The van der Waals surface area contributed by atoms with Crippen LogP contribution in [0, 0.1) is 74.9 Å². The first-order chi connectivity index (χ1) is 19.1. The van der Waals surface area contributed by atoms with E-state index in [9.17, 15) is 9.59 Å². The van der Waals surface area contributed by atoms with Gasteiger partial charge in [-0.3, -0.25) is 9.59 Å². The Morgan fingerprint density at radius 2 is 1.66 bits per heavy atom. The number of rotatable bonds is 5. The van der Waals surface area contributed by atoms with Crippen LogP contribution in [0.15, 0.2) is 12.2 Å². The Bertz CT molecular complexity index is 1130. The van der Waals surface area contributed by atoms with E-state index in [0.717, 1.165) is 12.8 Å². The summed E-state index contributed by atoms with van der Waals surface area (Å²) < 4.78 is 11.0. The van der Waals surface area contributed by atoms with Crippen LogP contribution in [0.2, 0.25) is 0 Å². The Kier molecular flexibility index (Phi) is 7.61. The zero-order valence-electron chi connectivity index (χ0n) is 27.2. The molecule has 0 spiro atoms. The van der Waals surface area contributed by atoms with E-state index >= 15 is 0 Å². The Labute approximate surface area is 250 Å². The van der Waals surface area contributed by atoms with Crippen molar-refractivity contribution >= 4 is 11.9 Å². The smallest absolute Gasteiger partial charge is 0.311 e. The van der Waals surface area contributed by atoms with Crippen molar-refractivity contribution in [1.29, 1.82) is 0 Å². The molecule has 11 atom stereocenters. The van der Waals surface area contributed by atoms with Gasteiger partial charge in [-0.25, -0.2) is 0 Å². The number of esters is 2. The number of hydrogen-bond acceptors (Lipinski definition) is 4. The number of ether oxygens (including phenoxy) is 2. The first kappa shape index (κ1) is 30.7. The molecule has 41 heavy (non-hydrogen) atoms. The first-order valence-electron chi connectivity index (χ1n) is 16.5. The maximum absolute atomic E-state index is 13.0. The summed E-state index contributed by atoms with van der Waals surface area (Å²) >= 11 is 0. The molecule has 0 amide bonds. The molecule has 0 aromatic rings. The van der Waals surface area contributed by atoms with E-state index in [1.165, 1.54) is 64.0 Å². The van der Waals surface area contributed by atoms with Crippen molar-refractivity contribution in [2.45, 2.75) is 125 Å². The van der Waals surface area contributed by atoms with Gasteiger partial charge in [-0.2, -0.15) is 0 Å². The van der Waals surface area contributed by atoms with Gasteiger partial charge < -0.3 is 9.47 Å². The third kappa shape index (κ3) is 4.37. The highest BCUT2D eigenvalue weighted by Gasteiger charge is 2.70. The van der Waals surface area contributed by atoms with Crippen molar-refractivity contribution in [2.24, 2.45) is 62.6 Å². The molecule has 5 saturated carbocycles. The lowest BCUT2D eigenvalue weighted by Gasteiger charge is -2.71. The van der Waals surface area contributed by atoms with Crippen molar-refractivity contribution in [1.82, 2.24) is 0 Å². The minimum absolute atomic E-state index is 0.0523. The van der Waals surface area contributed by atoms with Crippen molar-refractivity contribution in [2.75, 3.05) is 7.11 Å². The number of allylic oxidation sites excluding steroid dienone is 1. The van der Waals surface area contributed by atoms with E-state index in [2.05, 4.69) is 47.1 Å². The fourth-order valence-electron chi connectivity index (χ4n) is 12.1. The Hall–Kier alpha value is -1.76. The topological polar surface area (TPSA) is 52.6 Å². The van der Waals surface area contributed by atoms with Crippen LogP contribution in [0.1, 0.15) is 119 Å². The average Bonchev–Trinajstić information content (AvgIpc) is 3.30. The fraction of sp³-hybridized carbons (Fsp3) is 0.838. The standard InChI is InChI=1S/C37H56O4/c1-11-37-19-14-25(23(2)3)31(37)27-12-13-29-34(7)17-16-28(41-30(38)22-33(5,6)32(39)40-10)24(4)26(34)15-18-36(29,9)35(27,8)20-21-37/h1,24-29,31H,2,12-22H2,3-10H3/t24-,25?,26?,27?,28+,29?,31?,34?,35-,36-,37-/m1/s1. The Morgan fingerprint density at radius 1 is 0.951 bits per heavy atom. The second kappa shape index (κ2) is 10.2. The maximum Gasteiger partial charge on any atom is 0.311 e. The lowest BCUT2D eigenvalue weighted by atomic mass is 9.33. The van der Waals surface area contributed by atoms with Gasteiger partial charge in [0.1, 0.15) is 6.10 Å². The van der Waals surface area contributed by atoms with Crippen LogP contribution in [-0.2, 0) is 19.1 Å². The minimum atomic E-state index is -0.877. The first-order valence-corrected chi connectivity index (χ1v) is 16.5. The number of methoxy groups -OCH3 is 1. The molecule has 0 aliphatic heterocycles. The van der Waals surface area contributed by atoms with Crippen LogP contribution in [0.25, 0.3) is 0 Å². The van der Waals surface area contributed by atoms with E-state index < -0.39 is 5.41 Å². The number of fused-ring (bicyclic) bond motifs is 7. The predicted octanol–water partition coefficient (Wildman–Crippen LogP) is 8.39. The lowest BCUT2D eigenvalue weighted by Crippen LogP contribution is -2.65. The molecule has 6 unspecified atom stereocenters. The van der Waals surface area contributed by atoms with Crippen molar-refractivity contribution in [3.05, 3.63) is 12.2 Å². The van der Waals surface area contributed by atoms with Crippen LogP contribution < -0.4 is 0 Å². The quantitative estimate of drug-likeness (QED) is 0.191. The summed E-state index contributed by atoms with van der Waals surface area (Å²) in [6.07, 6.45) is 18.2. The molecule has 0 N–H and O–H groups in total. The van der Waals surface area contributed by atoms with Crippen molar-refractivity contribution < 1.29 is 19.1 Å². The zero-order valence-corrected chi connectivity index (χ0v) is 27.2. The molecule has 4 nitrogen and oxygen atoms in total. The summed E-state index contributed by atoms with van der Waals surface area (Å²) in [5.41, 5.74) is 1.36. The van der Waals surface area contributed by atoms with Crippen molar-refractivity contribution in [3.8, 4) is 12.3 Å². The minimum Gasteiger partial charge on any atom is -0.469 e. The van der Waals surface area contributed by atoms with Gasteiger partial charge in [0.15, 0.2) is 0 Å². The molecule has 0 bridgehead atoms. The number of hydrogen-bond donors (Lipinski definition) is 0. The van der Waals surface area contributed by atoms with Crippen LogP contribution in [0.3, 0.4) is 0 Å². The van der Waals surface area contributed by atoms with Gasteiger partial charge >= 0.3 is 11.9 Å². The van der Waals surface area contributed by atoms with Gasteiger partial charge in [0.2, 0.25) is 0 Å². The van der Waals surface area contributed by atoms with E-state index in [1.54, 1.807) is 13.8 Å². The van der Waals surface area contributed by atoms with Gasteiger partial charge in [0.05, 0.1) is 18.9 Å². The normalized spacial score (nSPS) is 47.0. The molecule has 0 aromatic carbocycles. The highest BCUT2D eigenvalue weighted by atomic mass is 16.5. The Balaban J connectivity index is 1.36. The average molecular weight is 565 g/mol. The molecular weight excluding hydrogens is 508 g/mol. The summed E-state index contributed by atoms with van der Waals surface area (Å²) in [7, 11) is 1.37. The molecule has 4 heteroatoms. The summed E-state index contributed by atoms with van der Waals surface area (Å²) in [6, 6.07) is 0. The van der Waals surface area contributed by atoms with Crippen LogP contribution in [-0.4, -0.2) is 25.2 Å². The monoisotopic (exact) mass is 564 g/mol. The third-order valence-corrected chi connectivity index (χ3v) is 14.5. The number of carbonyl (C=O) groups is 2. The largest absolute Gasteiger partial charge is 0.469 e.